The van der Waals surface area contributed by atoms with Crippen molar-refractivity contribution >= 4 is 56.9 Å². The molecule has 0 atom stereocenters. The fourth-order valence-electron chi connectivity index (χ4n) is 7.90. The van der Waals surface area contributed by atoms with E-state index in [0.717, 1.165) is 22.5 Å². The van der Waals surface area contributed by atoms with E-state index in [0.29, 0.717) is 0 Å². The summed E-state index contributed by atoms with van der Waals surface area (Å²) in [5.41, 5.74) is 17.8. The van der Waals surface area contributed by atoms with Gasteiger partial charge in [0, 0.05) is 39.9 Å². The second-order valence-electron chi connectivity index (χ2n) is 15.4. The Morgan fingerprint density at radius 1 is 0.407 bits per heavy atom. The molecule has 0 fully saturated rings. The Morgan fingerprint density at radius 2 is 0.881 bits per heavy atom. The Balaban J connectivity index is 1.10. The lowest BCUT2D eigenvalue weighted by Gasteiger charge is -2.30. The molecule has 8 rings (SSSR count). The summed E-state index contributed by atoms with van der Waals surface area (Å²) < 4.78 is 0. The van der Waals surface area contributed by atoms with Crippen molar-refractivity contribution in [1.82, 2.24) is 0 Å². The van der Waals surface area contributed by atoms with E-state index in [-0.39, 0.29) is 0 Å². The van der Waals surface area contributed by atoms with E-state index in [2.05, 4.69) is 257 Å². The minimum Gasteiger partial charge on any atom is -0.317 e. The molecule has 0 spiro atoms. The number of fused-ring (bicyclic) bond motifs is 1. The lowest BCUT2D eigenvalue weighted by Crippen LogP contribution is -2.13. The molecule has 0 radical (unpaired) electrons. The molecule has 0 saturated carbocycles. The molecule has 2 heteroatoms. The first kappa shape index (κ1) is 38.7. The Hall–Kier alpha value is -7.16. The molecular formula is C57H50N2. The fourth-order valence-corrected chi connectivity index (χ4v) is 7.90. The van der Waals surface area contributed by atoms with Gasteiger partial charge >= 0.3 is 0 Å². The Labute approximate surface area is 350 Å². The van der Waals surface area contributed by atoms with Crippen LogP contribution in [0.1, 0.15) is 50.1 Å². The number of rotatable bonds is 11. The van der Waals surface area contributed by atoms with Gasteiger partial charge in [-0.05, 0) is 116 Å². The van der Waals surface area contributed by atoms with Gasteiger partial charge in [0.05, 0.1) is 5.69 Å². The standard InChI is InChI=1S/C57H50N2/c1-41-24-31-50(32-25-41)58(40-54(47-17-8-6-9-18-47)48-19-10-7-11-20-48)51-33-28-46(29-34-51)16-12-13-21-49-30-37-57(53-23-15-14-22-52(49)53)59(55-35-26-42(2)38-44(55)4)56-36-27-43(3)39-45(56)5/h6-40H,1-5H3/b16-12+,21-13+. The number of benzene rings is 8. The van der Waals surface area contributed by atoms with E-state index in [9.17, 15) is 0 Å². The van der Waals surface area contributed by atoms with Crippen molar-refractivity contribution in [3.8, 4) is 0 Å². The average molecular weight is 763 g/mol. The molecule has 0 heterocycles. The molecule has 8 aromatic carbocycles. The van der Waals surface area contributed by atoms with Gasteiger partial charge in [0.1, 0.15) is 0 Å². The summed E-state index contributed by atoms with van der Waals surface area (Å²) in [6.45, 7) is 10.9. The molecule has 0 aliphatic carbocycles. The van der Waals surface area contributed by atoms with Crippen molar-refractivity contribution in [3.05, 3.63) is 250 Å². The van der Waals surface area contributed by atoms with Gasteiger partial charge in [0.15, 0.2) is 0 Å². The summed E-state index contributed by atoms with van der Waals surface area (Å²) in [6, 6.07) is 65.6. The van der Waals surface area contributed by atoms with E-state index >= 15 is 0 Å². The first-order valence-corrected chi connectivity index (χ1v) is 20.4. The number of aryl methyl sites for hydroxylation is 5. The van der Waals surface area contributed by atoms with Gasteiger partial charge in [-0.15, -0.1) is 0 Å². The maximum Gasteiger partial charge on any atom is 0.0540 e. The minimum atomic E-state index is 1.09. The molecule has 59 heavy (non-hydrogen) atoms. The highest BCUT2D eigenvalue weighted by Crippen LogP contribution is 2.43. The number of hydrogen-bond acceptors (Lipinski definition) is 2. The Morgan fingerprint density at radius 3 is 1.44 bits per heavy atom. The highest BCUT2D eigenvalue weighted by atomic mass is 15.1. The van der Waals surface area contributed by atoms with Gasteiger partial charge in [0.25, 0.3) is 0 Å². The lowest BCUT2D eigenvalue weighted by atomic mass is 9.98. The summed E-state index contributed by atoms with van der Waals surface area (Å²) in [5.74, 6) is 0. The zero-order chi connectivity index (χ0) is 40.7. The normalized spacial score (nSPS) is 11.3. The zero-order valence-electron chi connectivity index (χ0n) is 34.6. The van der Waals surface area contributed by atoms with E-state index in [1.807, 2.05) is 0 Å². The third-order valence-electron chi connectivity index (χ3n) is 10.9. The SMILES string of the molecule is Cc1ccc(N(C=C(c2ccccc2)c2ccccc2)c2ccc(/C=C/C=C/c3ccc(N(c4ccc(C)cc4C)c4ccc(C)cc4C)c4ccccc34)cc2)cc1. The van der Waals surface area contributed by atoms with Crippen LogP contribution in [0.15, 0.2) is 200 Å². The largest absolute Gasteiger partial charge is 0.317 e. The fraction of sp³-hybridized carbons (Fsp3) is 0.0877. The van der Waals surface area contributed by atoms with Gasteiger partial charge in [-0.1, -0.05) is 181 Å². The second-order valence-corrected chi connectivity index (χ2v) is 15.4. The van der Waals surface area contributed by atoms with Crippen LogP contribution in [0.25, 0.3) is 28.5 Å². The first-order valence-electron chi connectivity index (χ1n) is 20.4. The molecule has 0 aliphatic heterocycles. The van der Waals surface area contributed by atoms with Crippen LogP contribution in [0, 0.1) is 34.6 Å². The monoisotopic (exact) mass is 762 g/mol. The van der Waals surface area contributed by atoms with Gasteiger partial charge in [-0.25, -0.2) is 0 Å². The molecule has 8 aromatic rings. The maximum absolute atomic E-state index is 2.43. The maximum atomic E-state index is 2.43. The second kappa shape index (κ2) is 17.5. The molecule has 0 N–H and O–H groups in total. The molecule has 0 unspecified atom stereocenters. The van der Waals surface area contributed by atoms with Crippen LogP contribution in [0.3, 0.4) is 0 Å². The smallest absolute Gasteiger partial charge is 0.0540 e. The van der Waals surface area contributed by atoms with Gasteiger partial charge in [0.2, 0.25) is 0 Å². The van der Waals surface area contributed by atoms with E-state index < -0.39 is 0 Å². The molecule has 288 valence electrons. The van der Waals surface area contributed by atoms with Crippen LogP contribution in [0.5, 0.6) is 0 Å². The van der Waals surface area contributed by atoms with Crippen LogP contribution in [-0.2, 0) is 0 Å². The first-order chi connectivity index (χ1) is 28.8. The zero-order valence-corrected chi connectivity index (χ0v) is 34.6. The summed E-state index contributed by atoms with van der Waals surface area (Å²) in [4.78, 5) is 4.72. The number of anilines is 5. The topological polar surface area (TPSA) is 6.48 Å². The lowest BCUT2D eigenvalue weighted by molar-refractivity contribution is 1.22. The summed E-state index contributed by atoms with van der Waals surface area (Å²) >= 11 is 0. The van der Waals surface area contributed by atoms with Crippen LogP contribution in [0.2, 0.25) is 0 Å². The van der Waals surface area contributed by atoms with E-state index in [4.69, 9.17) is 0 Å². The van der Waals surface area contributed by atoms with Crippen molar-refractivity contribution in [1.29, 1.82) is 0 Å². The molecule has 2 nitrogen and oxygen atoms in total. The van der Waals surface area contributed by atoms with Crippen molar-refractivity contribution in [3.63, 3.8) is 0 Å². The summed E-state index contributed by atoms with van der Waals surface area (Å²) in [7, 11) is 0. The average Bonchev–Trinajstić information content (AvgIpc) is 3.26. The van der Waals surface area contributed by atoms with Crippen LogP contribution in [-0.4, -0.2) is 0 Å². The van der Waals surface area contributed by atoms with Crippen molar-refractivity contribution in [2.45, 2.75) is 34.6 Å². The van der Waals surface area contributed by atoms with E-state index in [1.54, 1.807) is 0 Å². The molecule has 0 saturated heterocycles. The molecule has 0 aliphatic rings. The van der Waals surface area contributed by atoms with Crippen LogP contribution >= 0.6 is 0 Å². The predicted molar refractivity (Wildman–Crippen MR) is 255 cm³/mol. The van der Waals surface area contributed by atoms with Crippen LogP contribution < -0.4 is 9.80 Å². The Kier molecular flexibility index (Phi) is 11.5. The van der Waals surface area contributed by atoms with Crippen LogP contribution in [0.4, 0.5) is 28.4 Å². The molecule has 0 amide bonds. The number of nitrogens with zero attached hydrogens (tertiary/aromatic N) is 2. The third-order valence-corrected chi connectivity index (χ3v) is 10.9. The molecule has 0 aromatic heterocycles. The van der Waals surface area contributed by atoms with Gasteiger partial charge in [-0.3, -0.25) is 0 Å². The molecule has 0 bridgehead atoms. The Bertz CT molecular complexity index is 2700. The van der Waals surface area contributed by atoms with Crippen molar-refractivity contribution in [2.24, 2.45) is 0 Å². The summed E-state index contributed by atoms with van der Waals surface area (Å²) in [6.07, 6.45) is 10.9. The summed E-state index contributed by atoms with van der Waals surface area (Å²) in [5, 5.41) is 2.43. The highest BCUT2D eigenvalue weighted by Gasteiger charge is 2.20. The van der Waals surface area contributed by atoms with Crippen molar-refractivity contribution in [2.75, 3.05) is 9.80 Å². The van der Waals surface area contributed by atoms with Gasteiger partial charge in [-0.2, -0.15) is 0 Å². The van der Waals surface area contributed by atoms with E-state index in [1.165, 1.54) is 72.3 Å². The van der Waals surface area contributed by atoms with Gasteiger partial charge < -0.3 is 9.80 Å². The molecular weight excluding hydrogens is 713 g/mol. The minimum absolute atomic E-state index is 1.09. The number of hydrogen-bond donors (Lipinski definition) is 0. The highest BCUT2D eigenvalue weighted by molar-refractivity contribution is 6.03. The predicted octanol–water partition coefficient (Wildman–Crippen LogP) is 15.8. The quantitative estimate of drug-likeness (QED) is 0.121. The van der Waals surface area contributed by atoms with Crippen molar-refractivity contribution < 1.29 is 0 Å². The third kappa shape index (κ3) is 8.73. The number of allylic oxidation sites excluding steroid dienone is 2.